The molecule has 20 heavy (non-hydrogen) atoms. The van der Waals surface area contributed by atoms with E-state index in [9.17, 15) is 4.79 Å². The van der Waals surface area contributed by atoms with Crippen LogP contribution in [0.5, 0.6) is 5.75 Å². The molecule has 2 rings (SSSR count). The van der Waals surface area contributed by atoms with Crippen molar-refractivity contribution < 1.29 is 14.3 Å². The van der Waals surface area contributed by atoms with Crippen LogP contribution >= 0.6 is 0 Å². The van der Waals surface area contributed by atoms with E-state index in [1.54, 1.807) is 7.11 Å². The lowest BCUT2D eigenvalue weighted by Crippen LogP contribution is -2.31. The molecule has 0 bridgehead atoms. The van der Waals surface area contributed by atoms with Gasteiger partial charge in [-0.25, -0.2) is 0 Å². The third kappa shape index (κ3) is 3.65. The molecule has 4 nitrogen and oxygen atoms in total. The number of hydrogen-bond acceptors (Lipinski definition) is 4. The van der Waals surface area contributed by atoms with Gasteiger partial charge < -0.3 is 14.8 Å². The van der Waals surface area contributed by atoms with Crippen LogP contribution in [0.15, 0.2) is 18.2 Å². The summed E-state index contributed by atoms with van der Waals surface area (Å²) in [6.45, 7) is 6.30. The summed E-state index contributed by atoms with van der Waals surface area (Å²) in [6.07, 6.45) is 1.68. The maximum absolute atomic E-state index is 12.2. The Morgan fingerprint density at radius 2 is 2.10 bits per heavy atom. The van der Waals surface area contributed by atoms with E-state index >= 15 is 0 Å². The minimum Gasteiger partial charge on any atom is -0.497 e. The maximum Gasteiger partial charge on any atom is 0.311 e. The lowest BCUT2D eigenvalue weighted by molar-refractivity contribution is -0.159. The molecule has 1 aliphatic rings. The van der Waals surface area contributed by atoms with Gasteiger partial charge in [0, 0.05) is 18.3 Å². The average Bonchev–Trinajstić information content (AvgIpc) is 2.58. The van der Waals surface area contributed by atoms with Crippen molar-refractivity contribution in [3.63, 3.8) is 0 Å². The van der Waals surface area contributed by atoms with Crippen LogP contribution in [-0.2, 0) is 16.0 Å². The van der Waals surface area contributed by atoms with Gasteiger partial charge in [-0.15, -0.1) is 0 Å². The molecule has 0 aromatic heterocycles. The van der Waals surface area contributed by atoms with Gasteiger partial charge in [0.2, 0.25) is 0 Å². The van der Waals surface area contributed by atoms with Crippen LogP contribution in [0.3, 0.4) is 0 Å². The zero-order chi connectivity index (χ0) is 14.8. The van der Waals surface area contributed by atoms with Crippen molar-refractivity contribution in [2.75, 3.05) is 19.0 Å². The lowest BCUT2D eigenvalue weighted by atomic mass is 10.0. The molecule has 110 valence electrons. The first-order valence-corrected chi connectivity index (χ1v) is 7.03. The van der Waals surface area contributed by atoms with Gasteiger partial charge in [-0.3, -0.25) is 4.79 Å². The van der Waals surface area contributed by atoms with Gasteiger partial charge in [0.1, 0.15) is 11.4 Å². The predicted molar refractivity (Wildman–Crippen MR) is 79.1 cm³/mol. The molecule has 4 heteroatoms. The van der Waals surface area contributed by atoms with E-state index in [1.165, 1.54) is 5.56 Å². The monoisotopic (exact) mass is 277 g/mol. The van der Waals surface area contributed by atoms with Crippen molar-refractivity contribution >= 4 is 11.7 Å². The molecule has 1 aromatic carbocycles. The number of ether oxygens (including phenoxy) is 2. The number of rotatable bonds is 2. The Morgan fingerprint density at radius 3 is 2.75 bits per heavy atom. The van der Waals surface area contributed by atoms with Gasteiger partial charge in [0.25, 0.3) is 0 Å². The smallest absolute Gasteiger partial charge is 0.311 e. The van der Waals surface area contributed by atoms with Gasteiger partial charge in [0.15, 0.2) is 0 Å². The molecule has 1 heterocycles. The van der Waals surface area contributed by atoms with Crippen LogP contribution < -0.4 is 10.1 Å². The molecule has 1 aliphatic heterocycles. The van der Waals surface area contributed by atoms with E-state index in [0.29, 0.717) is 6.54 Å². The fraction of sp³-hybridized carbons (Fsp3) is 0.562. The van der Waals surface area contributed by atoms with Gasteiger partial charge in [0.05, 0.1) is 13.0 Å². The summed E-state index contributed by atoms with van der Waals surface area (Å²) in [5.41, 5.74) is 1.84. The van der Waals surface area contributed by atoms with Crippen LogP contribution in [-0.4, -0.2) is 25.2 Å². The summed E-state index contributed by atoms with van der Waals surface area (Å²) >= 11 is 0. The quantitative estimate of drug-likeness (QED) is 0.844. The zero-order valence-electron chi connectivity index (χ0n) is 12.7. The second-order valence-corrected chi connectivity index (χ2v) is 6.17. The molecule has 0 spiro atoms. The van der Waals surface area contributed by atoms with E-state index in [0.717, 1.165) is 24.3 Å². The minimum absolute atomic E-state index is 0.104. The van der Waals surface area contributed by atoms with Crippen molar-refractivity contribution in [3.8, 4) is 5.75 Å². The van der Waals surface area contributed by atoms with Crippen LogP contribution in [0.25, 0.3) is 0 Å². The average molecular weight is 277 g/mol. The minimum atomic E-state index is -0.431. The summed E-state index contributed by atoms with van der Waals surface area (Å²) in [4.78, 5) is 12.2. The van der Waals surface area contributed by atoms with Crippen molar-refractivity contribution in [2.24, 2.45) is 5.92 Å². The number of methoxy groups -OCH3 is 1. The number of benzene rings is 1. The van der Waals surface area contributed by atoms with Crippen LogP contribution in [0.1, 0.15) is 32.8 Å². The Balaban J connectivity index is 2.06. The van der Waals surface area contributed by atoms with E-state index < -0.39 is 5.60 Å². The Labute approximate surface area is 120 Å². The summed E-state index contributed by atoms with van der Waals surface area (Å²) in [7, 11) is 1.65. The number of fused-ring (bicyclic) bond motifs is 1. The van der Waals surface area contributed by atoms with Gasteiger partial charge in [-0.2, -0.15) is 0 Å². The summed E-state index contributed by atoms with van der Waals surface area (Å²) in [6, 6.07) is 5.99. The summed E-state index contributed by atoms with van der Waals surface area (Å²) in [5, 5.41) is 3.34. The molecule has 1 atom stereocenters. The van der Waals surface area contributed by atoms with Crippen LogP contribution in [0.2, 0.25) is 0 Å². The molecule has 0 radical (unpaired) electrons. The normalized spacial score (nSPS) is 18.5. The zero-order valence-corrected chi connectivity index (χ0v) is 12.7. The SMILES string of the molecule is COc1ccc2c(c1)NCC(C(=O)OC(C)(C)C)CC2. The fourth-order valence-corrected chi connectivity index (χ4v) is 2.32. The highest BCUT2D eigenvalue weighted by Crippen LogP contribution is 2.28. The number of esters is 1. The molecule has 0 saturated heterocycles. The fourth-order valence-electron chi connectivity index (χ4n) is 2.32. The Kier molecular flexibility index (Phi) is 4.21. The highest BCUT2D eigenvalue weighted by molar-refractivity contribution is 5.74. The number of aryl methyl sites for hydroxylation is 1. The molecule has 0 saturated carbocycles. The first kappa shape index (κ1) is 14.7. The van der Waals surface area contributed by atoms with Crippen LogP contribution in [0, 0.1) is 5.92 Å². The molecule has 1 N–H and O–H groups in total. The van der Waals surface area contributed by atoms with Crippen LogP contribution in [0.4, 0.5) is 5.69 Å². The molecule has 0 fully saturated rings. The van der Waals surface area contributed by atoms with Gasteiger partial charge in [-0.1, -0.05) is 6.07 Å². The van der Waals surface area contributed by atoms with E-state index in [2.05, 4.69) is 11.4 Å². The predicted octanol–water partition coefficient (Wildman–Crippen LogP) is 3.01. The Morgan fingerprint density at radius 1 is 1.35 bits per heavy atom. The highest BCUT2D eigenvalue weighted by atomic mass is 16.6. The molecule has 1 aromatic rings. The van der Waals surface area contributed by atoms with Gasteiger partial charge >= 0.3 is 5.97 Å². The lowest BCUT2D eigenvalue weighted by Gasteiger charge is -2.23. The third-order valence-electron chi connectivity index (χ3n) is 3.36. The second-order valence-electron chi connectivity index (χ2n) is 6.17. The number of hydrogen-bond donors (Lipinski definition) is 1. The van der Waals surface area contributed by atoms with Gasteiger partial charge in [-0.05, 0) is 45.2 Å². The number of carbonyl (C=O) groups excluding carboxylic acids is 1. The molecule has 1 unspecified atom stereocenters. The van der Waals surface area contributed by atoms with Crippen molar-refractivity contribution in [1.82, 2.24) is 0 Å². The first-order valence-electron chi connectivity index (χ1n) is 7.03. The Hall–Kier alpha value is -1.71. The topological polar surface area (TPSA) is 47.6 Å². The van der Waals surface area contributed by atoms with Crippen molar-refractivity contribution in [3.05, 3.63) is 23.8 Å². The Bertz CT molecular complexity index is 491. The number of nitrogens with one attached hydrogen (secondary N) is 1. The highest BCUT2D eigenvalue weighted by Gasteiger charge is 2.27. The summed E-state index contributed by atoms with van der Waals surface area (Å²) < 4.78 is 10.7. The largest absolute Gasteiger partial charge is 0.497 e. The third-order valence-corrected chi connectivity index (χ3v) is 3.36. The van der Waals surface area contributed by atoms with Crippen molar-refractivity contribution in [2.45, 2.75) is 39.2 Å². The molecule has 0 aliphatic carbocycles. The van der Waals surface area contributed by atoms with E-state index in [1.807, 2.05) is 32.9 Å². The molecular weight excluding hydrogens is 254 g/mol. The maximum atomic E-state index is 12.2. The van der Waals surface area contributed by atoms with Crippen molar-refractivity contribution in [1.29, 1.82) is 0 Å². The molecule has 0 amide bonds. The molecular formula is C16H23NO3. The standard InChI is InChI=1S/C16H23NO3/c1-16(2,3)20-15(18)12-6-5-11-7-8-13(19-4)9-14(11)17-10-12/h7-9,12,17H,5-6,10H2,1-4H3. The first-order chi connectivity index (χ1) is 9.39. The van der Waals surface area contributed by atoms with E-state index in [-0.39, 0.29) is 11.9 Å². The second kappa shape index (κ2) is 5.73. The number of carbonyl (C=O) groups is 1. The number of anilines is 1. The van der Waals surface area contributed by atoms with E-state index in [4.69, 9.17) is 9.47 Å². The summed E-state index contributed by atoms with van der Waals surface area (Å²) in [5.74, 6) is 0.601.